The van der Waals surface area contributed by atoms with Crippen molar-refractivity contribution in [2.24, 2.45) is 34.5 Å². The molecule has 0 spiro atoms. The first kappa shape index (κ1) is 14.3. The maximum Gasteiger partial charge on any atom is 0.0675 e. The molecule has 0 bridgehead atoms. The summed E-state index contributed by atoms with van der Waals surface area (Å²) in [7, 11) is 0. The Morgan fingerprint density at radius 2 is 1.67 bits per heavy atom. The molecule has 1 N–H and O–H groups in total. The molecule has 0 aromatic rings. The van der Waals surface area contributed by atoms with E-state index in [0.717, 1.165) is 30.1 Å². The van der Waals surface area contributed by atoms with Gasteiger partial charge in [0.05, 0.1) is 5.60 Å². The van der Waals surface area contributed by atoms with Gasteiger partial charge in [-0.2, -0.15) is 0 Å². The molecule has 3 saturated carbocycles. The van der Waals surface area contributed by atoms with Crippen LogP contribution in [0.5, 0.6) is 0 Å². The van der Waals surface area contributed by atoms with E-state index in [2.05, 4.69) is 32.9 Å². The molecule has 4 rings (SSSR count). The van der Waals surface area contributed by atoms with Gasteiger partial charge in [-0.1, -0.05) is 26.0 Å². The molecule has 3 fully saturated rings. The summed E-state index contributed by atoms with van der Waals surface area (Å²) in [6.45, 7) is 7.11. The Morgan fingerprint density at radius 3 is 2.48 bits per heavy atom. The maximum atomic E-state index is 10.9. The minimum Gasteiger partial charge on any atom is -0.390 e. The van der Waals surface area contributed by atoms with Gasteiger partial charge in [0.15, 0.2) is 0 Å². The first-order valence-electron chi connectivity index (χ1n) is 9.26. The molecular weight excluding hydrogens is 256 g/mol. The van der Waals surface area contributed by atoms with Gasteiger partial charge in [-0.25, -0.2) is 0 Å². The van der Waals surface area contributed by atoms with Gasteiger partial charge in [-0.3, -0.25) is 0 Å². The fourth-order valence-corrected chi connectivity index (χ4v) is 7.08. The van der Waals surface area contributed by atoms with Crippen LogP contribution in [0.2, 0.25) is 0 Å². The summed E-state index contributed by atoms with van der Waals surface area (Å²) >= 11 is 0. The third-order valence-electron chi connectivity index (χ3n) is 8.77. The predicted molar refractivity (Wildman–Crippen MR) is 86.9 cm³/mol. The largest absolute Gasteiger partial charge is 0.390 e. The lowest BCUT2D eigenvalue weighted by atomic mass is 9.45. The van der Waals surface area contributed by atoms with Crippen molar-refractivity contribution < 1.29 is 5.11 Å². The van der Waals surface area contributed by atoms with E-state index in [0.29, 0.717) is 5.41 Å². The summed E-state index contributed by atoms with van der Waals surface area (Å²) in [5.74, 6) is 3.49. The summed E-state index contributed by atoms with van der Waals surface area (Å²) in [5.41, 5.74) is 0.308. The normalized spacial score (nSPS) is 59.2. The van der Waals surface area contributed by atoms with E-state index in [1.165, 1.54) is 44.9 Å². The summed E-state index contributed by atoms with van der Waals surface area (Å²) in [4.78, 5) is 0. The molecule has 1 heteroatoms. The fraction of sp³-hybridized carbons (Fsp3) is 0.900. The molecule has 0 saturated heterocycles. The lowest BCUT2D eigenvalue weighted by Gasteiger charge is -2.60. The quantitative estimate of drug-likeness (QED) is 0.626. The van der Waals surface area contributed by atoms with Crippen molar-refractivity contribution >= 4 is 0 Å². The predicted octanol–water partition coefficient (Wildman–Crippen LogP) is 4.95. The molecule has 0 heterocycles. The summed E-state index contributed by atoms with van der Waals surface area (Å²) in [6.07, 6.45) is 15.3. The minimum absolute atomic E-state index is 0.182. The first-order valence-corrected chi connectivity index (χ1v) is 9.26. The van der Waals surface area contributed by atoms with Crippen LogP contribution >= 0.6 is 0 Å². The van der Waals surface area contributed by atoms with E-state index in [4.69, 9.17) is 0 Å². The lowest BCUT2D eigenvalue weighted by Crippen LogP contribution is -2.55. The van der Waals surface area contributed by atoms with Crippen molar-refractivity contribution in [1.29, 1.82) is 0 Å². The van der Waals surface area contributed by atoms with Crippen LogP contribution in [-0.4, -0.2) is 10.7 Å². The zero-order chi connectivity index (χ0) is 14.9. The third kappa shape index (κ3) is 1.73. The summed E-state index contributed by atoms with van der Waals surface area (Å²) in [5, 5.41) is 10.9. The minimum atomic E-state index is -0.424. The van der Waals surface area contributed by atoms with Crippen LogP contribution in [0.3, 0.4) is 0 Å². The van der Waals surface area contributed by atoms with Crippen molar-refractivity contribution in [3.63, 3.8) is 0 Å². The van der Waals surface area contributed by atoms with Crippen LogP contribution in [0.25, 0.3) is 0 Å². The van der Waals surface area contributed by atoms with E-state index < -0.39 is 5.60 Å². The van der Waals surface area contributed by atoms with Gasteiger partial charge in [0.25, 0.3) is 0 Å². The van der Waals surface area contributed by atoms with E-state index in [9.17, 15) is 5.11 Å². The average Bonchev–Trinajstić information content (AvgIpc) is 2.69. The maximum absolute atomic E-state index is 10.9. The second kappa shape index (κ2) is 4.37. The molecule has 0 aromatic carbocycles. The Bertz CT molecular complexity index is 464. The zero-order valence-corrected chi connectivity index (χ0v) is 14.1. The Hall–Kier alpha value is -0.300. The van der Waals surface area contributed by atoms with Gasteiger partial charge in [-0.15, -0.1) is 0 Å². The van der Waals surface area contributed by atoms with Gasteiger partial charge < -0.3 is 5.11 Å². The fourth-order valence-electron chi connectivity index (χ4n) is 7.08. The van der Waals surface area contributed by atoms with Crippen molar-refractivity contribution in [3.05, 3.63) is 12.2 Å². The van der Waals surface area contributed by atoms with Crippen LogP contribution in [-0.2, 0) is 0 Å². The first-order chi connectivity index (χ1) is 9.88. The van der Waals surface area contributed by atoms with Gasteiger partial charge in [-0.05, 0) is 92.8 Å². The number of aliphatic hydroxyl groups is 1. The molecule has 1 nitrogen and oxygen atoms in total. The van der Waals surface area contributed by atoms with E-state index in [1.807, 2.05) is 0 Å². The number of rotatable bonds is 0. The molecule has 21 heavy (non-hydrogen) atoms. The molecule has 0 amide bonds. The molecule has 0 radical (unpaired) electrons. The van der Waals surface area contributed by atoms with E-state index in [-0.39, 0.29) is 5.41 Å². The smallest absolute Gasteiger partial charge is 0.0675 e. The van der Waals surface area contributed by atoms with Crippen LogP contribution < -0.4 is 0 Å². The third-order valence-corrected chi connectivity index (χ3v) is 8.77. The van der Waals surface area contributed by atoms with Crippen LogP contribution in [0, 0.1) is 34.5 Å². The zero-order valence-electron chi connectivity index (χ0n) is 14.1. The molecule has 4 aliphatic carbocycles. The number of hydrogen-bond acceptors (Lipinski definition) is 1. The average molecular weight is 288 g/mol. The molecule has 4 aliphatic rings. The molecular formula is C20H32O. The Kier molecular flexibility index (Phi) is 2.98. The molecule has 0 aliphatic heterocycles. The van der Waals surface area contributed by atoms with Gasteiger partial charge in [0.1, 0.15) is 0 Å². The highest BCUT2D eigenvalue weighted by Crippen LogP contribution is 2.67. The molecule has 0 aromatic heterocycles. The summed E-state index contributed by atoms with van der Waals surface area (Å²) < 4.78 is 0. The van der Waals surface area contributed by atoms with Crippen LogP contribution in [0.4, 0.5) is 0 Å². The highest BCUT2D eigenvalue weighted by atomic mass is 16.3. The van der Waals surface area contributed by atoms with Crippen molar-refractivity contribution in [1.82, 2.24) is 0 Å². The standard InChI is InChI=1S/C20H32O/c1-18-11-5-4-6-14(18)7-8-15-16(18)9-12-19(2)17(15)10-13-20(19,3)21/h4-5,14-17,21H,6-13H2,1-3H3/t14?,15?,16?,17?,18-,19-,20-/m0/s1. The molecule has 118 valence electrons. The van der Waals surface area contributed by atoms with Crippen molar-refractivity contribution in [2.45, 2.75) is 77.7 Å². The Labute approximate surface area is 130 Å². The van der Waals surface area contributed by atoms with Gasteiger partial charge in [0, 0.05) is 0 Å². The number of fused-ring (bicyclic) bond motifs is 5. The SMILES string of the molecule is C[C@]12CC=CCC1CCC1C2CC[C@@]2(C)C1CC[C@]2(C)O. The van der Waals surface area contributed by atoms with Crippen molar-refractivity contribution in [2.75, 3.05) is 0 Å². The Balaban J connectivity index is 1.68. The van der Waals surface area contributed by atoms with Crippen LogP contribution in [0.1, 0.15) is 72.1 Å². The summed E-state index contributed by atoms with van der Waals surface area (Å²) in [6, 6.07) is 0. The Morgan fingerprint density at radius 1 is 0.905 bits per heavy atom. The highest BCUT2D eigenvalue weighted by Gasteiger charge is 2.62. The van der Waals surface area contributed by atoms with E-state index >= 15 is 0 Å². The second-order valence-electron chi connectivity index (χ2n) is 9.34. The molecule has 7 atom stereocenters. The topological polar surface area (TPSA) is 20.2 Å². The van der Waals surface area contributed by atoms with Gasteiger partial charge in [0.2, 0.25) is 0 Å². The van der Waals surface area contributed by atoms with Crippen LogP contribution in [0.15, 0.2) is 12.2 Å². The van der Waals surface area contributed by atoms with Crippen molar-refractivity contribution in [3.8, 4) is 0 Å². The highest BCUT2D eigenvalue weighted by molar-refractivity contribution is 5.14. The molecule has 4 unspecified atom stereocenters. The van der Waals surface area contributed by atoms with Gasteiger partial charge >= 0.3 is 0 Å². The number of allylic oxidation sites excluding steroid dienone is 2. The number of hydrogen-bond donors (Lipinski definition) is 1. The van der Waals surface area contributed by atoms with E-state index in [1.54, 1.807) is 0 Å². The second-order valence-corrected chi connectivity index (χ2v) is 9.34. The monoisotopic (exact) mass is 288 g/mol. The lowest BCUT2D eigenvalue weighted by molar-refractivity contribution is -0.138.